The number of nitrogens with zero attached hydrogens (tertiary/aromatic N) is 3. The summed E-state index contributed by atoms with van der Waals surface area (Å²) < 4.78 is 14.6. The average Bonchev–Trinajstić information content (AvgIpc) is 3.44. The largest absolute Gasteiger partial charge is 0.365 e. The van der Waals surface area contributed by atoms with Gasteiger partial charge >= 0.3 is 0 Å². The lowest BCUT2D eigenvalue weighted by molar-refractivity contribution is -0.120. The van der Waals surface area contributed by atoms with Gasteiger partial charge < -0.3 is 11.1 Å². The second-order valence-corrected chi connectivity index (χ2v) is 8.99. The molecule has 2 aromatic heterocycles. The van der Waals surface area contributed by atoms with Gasteiger partial charge in [0.2, 0.25) is 5.91 Å². The van der Waals surface area contributed by atoms with Crippen molar-refractivity contribution in [1.82, 2.24) is 14.6 Å². The minimum Gasteiger partial charge on any atom is -0.365 e. The van der Waals surface area contributed by atoms with Gasteiger partial charge in [-0.1, -0.05) is 30.9 Å². The summed E-state index contributed by atoms with van der Waals surface area (Å²) in [6.45, 7) is 1.97. The maximum atomic E-state index is 12.8. The Morgan fingerprint density at radius 2 is 1.94 bits per heavy atom. The molecule has 7 nitrogen and oxygen atoms in total. The molecule has 0 saturated heterocycles. The Hall–Kier alpha value is -3.00. The van der Waals surface area contributed by atoms with E-state index in [0.717, 1.165) is 50.6 Å². The van der Waals surface area contributed by atoms with E-state index in [1.54, 1.807) is 4.52 Å². The number of anilines is 1. The number of hydrogen-bond donors (Lipinski definition) is 2. The fourth-order valence-corrected chi connectivity index (χ4v) is 4.80. The number of nitrogens with two attached hydrogens (primary N) is 1. The molecule has 5 rings (SSSR count). The van der Waals surface area contributed by atoms with Gasteiger partial charge in [-0.15, -0.1) is 0 Å². The first kappa shape index (κ1) is 23.2. The van der Waals surface area contributed by atoms with Crippen LogP contribution in [0.25, 0.3) is 5.65 Å². The van der Waals surface area contributed by atoms with Crippen LogP contribution in [0.4, 0.5) is 10.1 Å². The first-order valence-electron chi connectivity index (χ1n) is 11.3. The molecule has 33 heavy (non-hydrogen) atoms. The second-order valence-electron chi connectivity index (χ2n) is 8.58. The third-order valence-electron chi connectivity index (χ3n) is 6.33. The molecule has 3 N–H and O–H groups in total. The summed E-state index contributed by atoms with van der Waals surface area (Å²) in [5, 5.41) is 7.22. The summed E-state index contributed by atoms with van der Waals surface area (Å²) in [4.78, 5) is 27.6. The number of hydrogen-bond acceptors (Lipinski definition) is 4. The van der Waals surface area contributed by atoms with Crippen molar-refractivity contribution in [3.63, 3.8) is 0 Å². The number of halogens is 2. The number of rotatable bonds is 3. The first-order valence-corrected chi connectivity index (χ1v) is 11.6. The summed E-state index contributed by atoms with van der Waals surface area (Å²) in [6, 6.07) is 4.00. The number of primary amides is 1. The van der Waals surface area contributed by atoms with Gasteiger partial charge in [0.25, 0.3) is 5.91 Å². The van der Waals surface area contributed by atoms with Gasteiger partial charge in [-0.2, -0.15) is 5.10 Å². The van der Waals surface area contributed by atoms with Crippen LogP contribution in [0.15, 0.2) is 24.4 Å². The van der Waals surface area contributed by atoms with E-state index in [-0.39, 0.29) is 16.8 Å². The van der Waals surface area contributed by atoms with E-state index in [2.05, 4.69) is 15.4 Å². The molecule has 1 aromatic carbocycles. The highest BCUT2D eigenvalue weighted by atomic mass is 35.5. The maximum Gasteiger partial charge on any atom is 0.254 e. The summed E-state index contributed by atoms with van der Waals surface area (Å²) >= 11 is 5.86. The van der Waals surface area contributed by atoms with E-state index in [4.69, 9.17) is 17.3 Å². The predicted molar refractivity (Wildman–Crippen MR) is 125 cm³/mol. The number of benzene rings is 1. The highest BCUT2D eigenvalue weighted by Gasteiger charge is 2.22. The van der Waals surface area contributed by atoms with Crippen LogP contribution in [0.1, 0.15) is 65.8 Å². The van der Waals surface area contributed by atoms with Crippen LogP contribution in [-0.4, -0.2) is 26.4 Å². The monoisotopic (exact) mass is 471 g/mol. The van der Waals surface area contributed by atoms with Gasteiger partial charge in [0.05, 0.1) is 16.9 Å². The molecule has 1 fully saturated rings. The molecule has 2 amide bonds. The van der Waals surface area contributed by atoms with Gasteiger partial charge in [0.1, 0.15) is 11.4 Å². The molecule has 0 radical (unpaired) electrons. The van der Waals surface area contributed by atoms with Crippen LogP contribution in [0, 0.1) is 18.7 Å². The average molecular weight is 472 g/mol. The molecule has 1 saturated carbocycles. The van der Waals surface area contributed by atoms with E-state index < -0.39 is 11.7 Å². The zero-order chi connectivity index (χ0) is 23.5. The van der Waals surface area contributed by atoms with E-state index in [1.807, 2.05) is 6.92 Å². The molecule has 0 spiro atoms. The highest BCUT2D eigenvalue weighted by molar-refractivity contribution is 6.33. The Bertz CT molecular complexity index is 1200. The third kappa shape index (κ3) is 5.00. The van der Waals surface area contributed by atoms with Gasteiger partial charge in [0, 0.05) is 17.3 Å². The fourth-order valence-electron chi connectivity index (χ4n) is 4.59. The minimum absolute atomic E-state index is 0.00166. The lowest BCUT2D eigenvalue weighted by Crippen LogP contribution is -2.24. The van der Waals surface area contributed by atoms with Crippen LogP contribution < -0.4 is 11.1 Å². The van der Waals surface area contributed by atoms with E-state index >= 15 is 0 Å². The number of nitrogens with one attached hydrogen (secondary N) is 1. The standard InChI is InChI=1S/C13H15ClFNO.C11H12N4O/c14-11-8-10(15)6-7-12(11)16-13(17)9-4-2-1-3-5-9;1-6-7-3-2-4-9(7)15-11(14-6)8(5-13-15)10(12)16/h6-9H,1-5H2,(H,16,17);5H,2-4H2,1H3,(H2,12,16). The Labute approximate surface area is 196 Å². The number of carbonyl (C=O) groups is 2. The predicted octanol–water partition coefficient (Wildman–Crippen LogP) is 4.62. The van der Waals surface area contributed by atoms with Crippen molar-refractivity contribution in [3.05, 3.63) is 57.8 Å². The highest BCUT2D eigenvalue weighted by Crippen LogP contribution is 2.28. The Morgan fingerprint density at radius 3 is 2.64 bits per heavy atom. The van der Waals surface area contributed by atoms with E-state index in [9.17, 15) is 14.0 Å². The van der Waals surface area contributed by atoms with Gasteiger partial charge in [-0.3, -0.25) is 9.59 Å². The summed E-state index contributed by atoms with van der Waals surface area (Å²) in [6.07, 6.45) is 9.97. The van der Waals surface area contributed by atoms with Crippen LogP contribution in [0.2, 0.25) is 5.02 Å². The minimum atomic E-state index is -0.472. The number of aryl methyl sites for hydroxylation is 2. The molecule has 0 atom stereocenters. The van der Waals surface area contributed by atoms with E-state index in [0.29, 0.717) is 16.9 Å². The maximum absolute atomic E-state index is 12.8. The van der Waals surface area contributed by atoms with Gasteiger partial charge in [-0.25, -0.2) is 13.9 Å². The molecule has 0 aliphatic heterocycles. The third-order valence-corrected chi connectivity index (χ3v) is 6.64. The zero-order valence-corrected chi connectivity index (χ0v) is 19.3. The lowest BCUT2D eigenvalue weighted by atomic mass is 9.88. The van der Waals surface area contributed by atoms with Crippen molar-refractivity contribution in [2.45, 2.75) is 58.3 Å². The van der Waals surface area contributed by atoms with Crippen molar-refractivity contribution in [3.8, 4) is 0 Å². The quantitative estimate of drug-likeness (QED) is 0.581. The number of fused-ring (bicyclic) bond motifs is 3. The van der Waals surface area contributed by atoms with Crippen molar-refractivity contribution < 1.29 is 14.0 Å². The van der Waals surface area contributed by atoms with Crippen molar-refractivity contribution in [2.75, 3.05) is 5.32 Å². The van der Waals surface area contributed by atoms with Crippen molar-refractivity contribution in [1.29, 1.82) is 0 Å². The lowest BCUT2D eigenvalue weighted by Gasteiger charge is -2.21. The van der Waals surface area contributed by atoms with Crippen molar-refractivity contribution >= 4 is 34.7 Å². The zero-order valence-electron chi connectivity index (χ0n) is 18.5. The van der Waals surface area contributed by atoms with E-state index in [1.165, 1.54) is 42.1 Å². The summed E-state index contributed by atoms with van der Waals surface area (Å²) in [5.41, 5.74) is 10.2. The molecule has 2 heterocycles. The molecule has 174 valence electrons. The van der Waals surface area contributed by atoms with Gasteiger partial charge in [-0.05, 0) is 62.8 Å². The fraction of sp³-hybridized carbons (Fsp3) is 0.417. The molecule has 0 bridgehead atoms. The molecule has 0 unspecified atom stereocenters. The summed E-state index contributed by atoms with van der Waals surface area (Å²) in [7, 11) is 0. The first-order chi connectivity index (χ1) is 15.8. The topological polar surface area (TPSA) is 102 Å². The van der Waals surface area contributed by atoms with Crippen LogP contribution in [0.3, 0.4) is 0 Å². The molecule has 9 heteroatoms. The molecule has 2 aliphatic carbocycles. The Balaban J connectivity index is 0.000000157. The Kier molecular flexibility index (Phi) is 6.93. The molecule has 3 aromatic rings. The van der Waals surface area contributed by atoms with Crippen LogP contribution in [-0.2, 0) is 17.6 Å². The molecular formula is C24H27ClFN5O2. The molecule has 2 aliphatic rings. The second kappa shape index (κ2) is 9.87. The number of carbonyl (C=O) groups excluding carboxylic acids is 2. The summed E-state index contributed by atoms with van der Waals surface area (Å²) in [5.74, 6) is -0.798. The van der Waals surface area contributed by atoms with Gasteiger partial charge in [0.15, 0.2) is 5.65 Å². The van der Waals surface area contributed by atoms with Crippen molar-refractivity contribution in [2.24, 2.45) is 11.7 Å². The normalized spacial score (nSPS) is 15.6. The van der Waals surface area contributed by atoms with Crippen LogP contribution in [0.5, 0.6) is 0 Å². The van der Waals surface area contributed by atoms with Crippen LogP contribution >= 0.6 is 11.6 Å². The number of aromatic nitrogens is 3. The Morgan fingerprint density at radius 1 is 1.18 bits per heavy atom. The molecular weight excluding hydrogens is 445 g/mol. The smallest absolute Gasteiger partial charge is 0.254 e. The SMILES string of the molecule is Cc1nc2c(C(N)=O)cnn2c2c1CCC2.O=C(Nc1ccc(F)cc1Cl)C1CCCCC1. The number of amides is 2.